The number of alkyl halides is 6. The first-order chi connectivity index (χ1) is 6.14. The summed E-state index contributed by atoms with van der Waals surface area (Å²) in [5, 5.41) is 3.16. The second-order valence-corrected chi connectivity index (χ2v) is 2.26. The molecule has 1 aromatic heterocycles. The van der Waals surface area contributed by atoms with Gasteiger partial charge in [0.05, 0.1) is 0 Å². The fraction of sp³-hybridized carbons (Fsp3) is 0.400. The van der Waals surface area contributed by atoms with Crippen LogP contribution < -0.4 is 0 Å². The molecule has 0 fully saturated rings. The molecule has 80 valence electrons. The maximum absolute atomic E-state index is 12.5. The Labute approximate surface area is 71.7 Å². The van der Waals surface area contributed by atoms with Crippen molar-refractivity contribution in [2.24, 2.45) is 0 Å². The Morgan fingerprint density at radius 2 is 1.43 bits per heavy atom. The van der Waals surface area contributed by atoms with E-state index in [9.17, 15) is 30.7 Å². The van der Waals surface area contributed by atoms with Gasteiger partial charge in [0.2, 0.25) is 5.69 Å². The van der Waals surface area contributed by atoms with Crippen LogP contribution in [0.3, 0.4) is 0 Å². The maximum Gasteiger partial charge on any atom is 0.438 e. The molecule has 9 heteroatoms. The third kappa shape index (κ3) is 1.80. The average Bonchev–Trinajstić information content (AvgIpc) is 2.26. The molecule has 0 radical (unpaired) electrons. The number of halogens is 7. The van der Waals surface area contributed by atoms with E-state index in [4.69, 9.17) is 0 Å². The summed E-state index contributed by atoms with van der Waals surface area (Å²) >= 11 is 0. The highest BCUT2D eigenvalue weighted by atomic mass is 19.4. The molecule has 0 unspecified atom stereocenters. The van der Waals surface area contributed by atoms with E-state index >= 15 is 0 Å². The first-order valence-electron chi connectivity index (χ1n) is 3.02. The summed E-state index contributed by atoms with van der Waals surface area (Å²) in [7, 11) is 0. The van der Waals surface area contributed by atoms with Gasteiger partial charge in [0.25, 0.3) is 0 Å². The molecule has 0 aromatic carbocycles. The summed E-state index contributed by atoms with van der Waals surface area (Å²) in [5.74, 6) is -2.44. The Balaban J connectivity index is 3.23. The molecule has 0 atom stereocenters. The number of H-pyrrole nitrogens is 1. The summed E-state index contributed by atoms with van der Waals surface area (Å²) < 4.78 is 83.1. The second kappa shape index (κ2) is 2.85. The van der Waals surface area contributed by atoms with Crippen molar-refractivity contribution < 1.29 is 30.7 Å². The van der Waals surface area contributed by atoms with Crippen molar-refractivity contribution in [3.63, 3.8) is 0 Å². The van der Waals surface area contributed by atoms with Crippen molar-refractivity contribution in [2.75, 3.05) is 0 Å². The normalized spacial score (nSPS) is 13.4. The highest BCUT2D eigenvalue weighted by Crippen LogP contribution is 2.36. The lowest BCUT2D eigenvalue weighted by Crippen LogP contribution is -2.11. The van der Waals surface area contributed by atoms with Gasteiger partial charge in [-0.3, -0.25) is 5.10 Å². The summed E-state index contributed by atoms with van der Waals surface area (Å²) in [4.78, 5) is 0. The van der Waals surface area contributed by atoms with Crippen LogP contribution >= 0.6 is 0 Å². The maximum atomic E-state index is 12.5. The lowest BCUT2D eigenvalue weighted by atomic mass is 10.3. The predicted molar refractivity (Wildman–Crippen MR) is 28.5 cm³/mol. The molecular formula is C5HF7N2. The van der Waals surface area contributed by atoms with E-state index in [1.54, 1.807) is 0 Å². The van der Waals surface area contributed by atoms with Crippen molar-refractivity contribution in [1.29, 1.82) is 0 Å². The SMILES string of the molecule is Fc1c(C(F)(F)F)n[nH]c1C(F)(F)F. The Morgan fingerprint density at radius 3 is 1.64 bits per heavy atom. The van der Waals surface area contributed by atoms with Gasteiger partial charge < -0.3 is 0 Å². The number of hydrogen-bond acceptors (Lipinski definition) is 1. The van der Waals surface area contributed by atoms with Crippen molar-refractivity contribution >= 4 is 0 Å². The Hall–Kier alpha value is -1.28. The van der Waals surface area contributed by atoms with Crippen LogP contribution in [0, 0.1) is 5.82 Å². The predicted octanol–water partition coefficient (Wildman–Crippen LogP) is 2.59. The molecule has 1 heterocycles. The molecule has 0 bridgehead atoms. The molecule has 0 aliphatic carbocycles. The molecule has 0 aliphatic heterocycles. The van der Waals surface area contributed by atoms with E-state index < -0.39 is 29.6 Å². The zero-order valence-electron chi connectivity index (χ0n) is 6.09. The van der Waals surface area contributed by atoms with Crippen LogP contribution in [0.25, 0.3) is 0 Å². The van der Waals surface area contributed by atoms with Gasteiger partial charge in [0.15, 0.2) is 11.5 Å². The topological polar surface area (TPSA) is 28.7 Å². The van der Waals surface area contributed by atoms with E-state index in [0.717, 1.165) is 5.10 Å². The summed E-state index contributed by atoms with van der Waals surface area (Å²) in [5.41, 5.74) is -4.34. The molecule has 0 amide bonds. The Kier molecular flexibility index (Phi) is 2.20. The molecule has 0 saturated heterocycles. The number of nitrogens with one attached hydrogen (secondary N) is 1. The van der Waals surface area contributed by atoms with Crippen LogP contribution in [-0.2, 0) is 12.4 Å². The minimum absolute atomic E-state index is 0.951. The fourth-order valence-electron chi connectivity index (χ4n) is 0.704. The van der Waals surface area contributed by atoms with Gasteiger partial charge in [-0.15, -0.1) is 0 Å². The zero-order chi connectivity index (χ0) is 11.1. The van der Waals surface area contributed by atoms with Gasteiger partial charge in [-0.25, -0.2) is 4.39 Å². The molecule has 1 aromatic rings. The van der Waals surface area contributed by atoms with E-state index in [1.165, 1.54) is 0 Å². The van der Waals surface area contributed by atoms with Gasteiger partial charge in [-0.05, 0) is 0 Å². The molecule has 1 rings (SSSR count). The first kappa shape index (κ1) is 10.8. The number of aromatic nitrogens is 2. The molecule has 14 heavy (non-hydrogen) atoms. The van der Waals surface area contributed by atoms with Gasteiger partial charge in [-0.2, -0.15) is 31.4 Å². The molecule has 1 N–H and O–H groups in total. The van der Waals surface area contributed by atoms with Crippen LogP contribution in [0.5, 0.6) is 0 Å². The van der Waals surface area contributed by atoms with Crippen molar-refractivity contribution in [2.45, 2.75) is 12.4 Å². The number of hydrogen-bond donors (Lipinski definition) is 1. The quantitative estimate of drug-likeness (QED) is 0.671. The number of nitrogens with zero attached hydrogens (tertiary/aromatic N) is 1. The van der Waals surface area contributed by atoms with Crippen LogP contribution in [0.15, 0.2) is 0 Å². The largest absolute Gasteiger partial charge is 0.438 e. The average molecular weight is 222 g/mol. The number of aromatic amines is 1. The molecule has 0 spiro atoms. The standard InChI is InChI=1S/C5HF7N2/c6-1-2(4(7,8)9)13-14-3(1)5(10,11)12/h(H,13,14). The minimum Gasteiger partial charge on any atom is -0.270 e. The van der Waals surface area contributed by atoms with Crippen molar-refractivity contribution in [3.05, 3.63) is 17.2 Å². The van der Waals surface area contributed by atoms with Crippen molar-refractivity contribution in [3.8, 4) is 0 Å². The van der Waals surface area contributed by atoms with Gasteiger partial charge in [0, 0.05) is 0 Å². The second-order valence-electron chi connectivity index (χ2n) is 2.26. The zero-order valence-corrected chi connectivity index (χ0v) is 6.09. The third-order valence-electron chi connectivity index (χ3n) is 1.26. The van der Waals surface area contributed by atoms with E-state index in [0.29, 0.717) is 0 Å². The van der Waals surface area contributed by atoms with Crippen LogP contribution in [0.1, 0.15) is 11.4 Å². The van der Waals surface area contributed by atoms with Gasteiger partial charge in [0.1, 0.15) is 0 Å². The van der Waals surface area contributed by atoms with Crippen LogP contribution in [0.2, 0.25) is 0 Å². The van der Waals surface area contributed by atoms with E-state index in [1.807, 2.05) is 0 Å². The Morgan fingerprint density at radius 1 is 0.929 bits per heavy atom. The lowest BCUT2D eigenvalue weighted by Gasteiger charge is -2.03. The van der Waals surface area contributed by atoms with Crippen molar-refractivity contribution in [1.82, 2.24) is 10.2 Å². The smallest absolute Gasteiger partial charge is 0.270 e. The molecule has 0 saturated carbocycles. The van der Waals surface area contributed by atoms with Gasteiger partial charge in [-0.1, -0.05) is 0 Å². The Bertz CT molecular complexity index is 301. The lowest BCUT2D eigenvalue weighted by molar-refractivity contribution is -0.147. The van der Waals surface area contributed by atoms with Crippen LogP contribution in [-0.4, -0.2) is 10.2 Å². The highest BCUT2D eigenvalue weighted by Gasteiger charge is 2.45. The van der Waals surface area contributed by atoms with E-state index in [-0.39, 0.29) is 0 Å². The molecular weight excluding hydrogens is 221 g/mol. The minimum atomic E-state index is -5.25. The van der Waals surface area contributed by atoms with E-state index in [2.05, 4.69) is 5.10 Å². The van der Waals surface area contributed by atoms with Crippen LogP contribution in [0.4, 0.5) is 30.7 Å². The molecule has 2 nitrogen and oxygen atoms in total. The number of rotatable bonds is 0. The monoisotopic (exact) mass is 222 g/mol. The summed E-state index contributed by atoms with van der Waals surface area (Å²) in [6.45, 7) is 0. The third-order valence-corrected chi connectivity index (χ3v) is 1.26. The summed E-state index contributed by atoms with van der Waals surface area (Å²) in [6, 6.07) is 0. The highest BCUT2D eigenvalue weighted by molar-refractivity contribution is 5.17. The van der Waals surface area contributed by atoms with Gasteiger partial charge >= 0.3 is 12.4 Å². The molecule has 0 aliphatic rings. The summed E-state index contributed by atoms with van der Waals surface area (Å²) in [6.07, 6.45) is -10.5. The fourth-order valence-corrected chi connectivity index (χ4v) is 0.704. The first-order valence-corrected chi connectivity index (χ1v) is 3.02.